The number of nitrogens with zero attached hydrogens (tertiary/aromatic N) is 1. The van der Waals surface area contributed by atoms with Crippen molar-refractivity contribution >= 4 is 0 Å². The molecule has 0 bridgehead atoms. The number of ether oxygens (including phenoxy) is 1. The summed E-state index contributed by atoms with van der Waals surface area (Å²) in [5.41, 5.74) is 0.730. The van der Waals surface area contributed by atoms with Crippen LogP contribution in [0.25, 0.3) is 0 Å². The molecule has 0 aliphatic carbocycles. The molecule has 0 amide bonds. The highest BCUT2D eigenvalue weighted by Gasteiger charge is 2.39. The number of hydrogen-bond donors (Lipinski definition) is 1. The average Bonchev–Trinajstić information content (AvgIpc) is 2.85. The number of benzene rings is 1. The Hall–Kier alpha value is -1.95. The van der Waals surface area contributed by atoms with Crippen molar-refractivity contribution < 1.29 is 23.0 Å². The largest absolute Gasteiger partial charge is 0.497 e. The van der Waals surface area contributed by atoms with Gasteiger partial charge in [0.25, 0.3) is 0 Å². The fourth-order valence-electron chi connectivity index (χ4n) is 1.89. The normalized spacial score (nSPS) is 13.2. The summed E-state index contributed by atoms with van der Waals surface area (Å²) in [7, 11) is 1.55. The van der Waals surface area contributed by atoms with E-state index in [0.717, 1.165) is 5.56 Å². The van der Waals surface area contributed by atoms with E-state index < -0.39 is 12.3 Å². The lowest BCUT2D eigenvalue weighted by atomic mass is 10.2. The molecule has 1 unspecified atom stereocenters. The second kappa shape index (κ2) is 5.58. The van der Waals surface area contributed by atoms with Crippen LogP contribution in [0, 0.1) is 0 Å². The van der Waals surface area contributed by atoms with Crippen molar-refractivity contribution in [2.75, 3.05) is 7.11 Å². The third-order valence-electron chi connectivity index (χ3n) is 2.90. The predicted octanol–water partition coefficient (Wildman–Crippen LogP) is 3.14. The molecule has 2 aromatic rings. The number of aliphatic hydroxyl groups is 1. The number of alkyl halides is 3. The van der Waals surface area contributed by atoms with Gasteiger partial charge in [-0.25, -0.2) is 0 Å². The van der Waals surface area contributed by atoms with Crippen LogP contribution < -0.4 is 4.74 Å². The molecule has 6 heteroatoms. The van der Waals surface area contributed by atoms with Gasteiger partial charge in [0.05, 0.1) is 7.11 Å². The zero-order chi connectivity index (χ0) is 14.8. The Bertz CT molecular complexity index is 578. The van der Waals surface area contributed by atoms with E-state index in [1.54, 1.807) is 23.8 Å². The molecule has 1 atom stereocenters. The number of halogens is 3. The molecule has 0 aliphatic heterocycles. The van der Waals surface area contributed by atoms with E-state index in [1.165, 1.54) is 18.5 Å². The monoisotopic (exact) mass is 285 g/mol. The molecule has 20 heavy (non-hydrogen) atoms. The minimum atomic E-state index is -4.65. The number of methoxy groups -OCH3 is 1. The summed E-state index contributed by atoms with van der Waals surface area (Å²) in [6.45, 7) is 0.405. The van der Waals surface area contributed by atoms with Crippen LogP contribution in [0.3, 0.4) is 0 Å². The van der Waals surface area contributed by atoms with Crippen LogP contribution in [0.1, 0.15) is 17.2 Å². The lowest BCUT2D eigenvalue weighted by molar-refractivity contribution is -0.206. The van der Waals surface area contributed by atoms with Crippen LogP contribution >= 0.6 is 0 Å². The van der Waals surface area contributed by atoms with Crippen LogP contribution in [0.4, 0.5) is 13.2 Å². The SMILES string of the molecule is COc1cccc(Cn2ccc(C(O)C(F)(F)F)c2)c1. The lowest BCUT2D eigenvalue weighted by Gasteiger charge is -2.12. The molecule has 1 heterocycles. The molecule has 1 aromatic heterocycles. The fourth-order valence-corrected chi connectivity index (χ4v) is 1.89. The van der Waals surface area contributed by atoms with Gasteiger partial charge in [0.2, 0.25) is 0 Å². The van der Waals surface area contributed by atoms with E-state index in [4.69, 9.17) is 9.84 Å². The molecule has 1 N–H and O–H groups in total. The molecule has 108 valence electrons. The minimum absolute atomic E-state index is 0.166. The Kier molecular flexibility index (Phi) is 4.04. The molecule has 0 radical (unpaired) electrons. The first kappa shape index (κ1) is 14.5. The van der Waals surface area contributed by atoms with Gasteiger partial charge in [0.15, 0.2) is 6.10 Å². The summed E-state index contributed by atoms with van der Waals surface area (Å²) >= 11 is 0. The Morgan fingerprint density at radius 3 is 2.70 bits per heavy atom. The minimum Gasteiger partial charge on any atom is -0.497 e. The van der Waals surface area contributed by atoms with Crippen molar-refractivity contribution in [2.24, 2.45) is 0 Å². The van der Waals surface area contributed by atoms with E-state index in [0.29, 0.717) is 12.3 Å². The zero-order valence-corrected chi connectivity index (χ0v) is 10.8. The van der Waals surface area contributed by atoms with Gasteiger partial charge in [-0.1, -0.05) is 12.1 Å². The summed E-state index contributed by atoms with van der Waals surface area (Å²) in [5.74, 6) is 0.685. The molecule has 1 aromatic carbocycles. The van der Waals surface area contributed by atoms with Gasteiger partial charge in [-0.2, -0.15) is 13.2 Å². The number of hydrogen-bond acceptors (Lipinski definition) is 2. The zero-order valence-electron chi connectivity index (χ0n) is 10.8. The van der Waals surface area contributed by atoms with Crippen LogP contribution in [-0.4, -0.2) is 23.0 Å². The molecule has 0 fully saturated rings. The number of rotatable bonds is 4. The van der Waals surface area contributed by atoms with E-state index >= 15 is 0 Å². The molecular weight excluding hydrogens is 271 g/mol. The molecule has 0 aliphatic rings. The van der Waals surface area contributed by atoms with Gasteiger partial charge in [0, 0.05) is 24.5 Å². The highest BCUT2D eigenvalue weighted by molar-refractivity contribution is 5.29. The second-order valence-corrected chi connectivity index (χ2v) is 4.41. The maximum Gasteiger partial charge on any atom is 0.418 e. The third kappa shape index (κ3) is 3.33. The Morgan fingerprint density at radius 2 is 2.05 bits per heavy atom. The third-order valence-corrected chi connectivity index (χ3v) is 2.90. The van der Waals surface area contributed by atoms with Crippen molar-refractivity contribution in [3.05, 3.63) is 53.9 Å². The van der Waals surface area contributed by atoms with Gasteiger partial charge < -0.3 is 14.4 Å². The second-order valence-electron chi connectivity index (χ2n) is 4.41. The van der Waals surface area contributed by atoms with Crippen molar-refractivity contribution in [1.82, 2.24) is 4.57 Å². The first-order valence-electron chi connectivity index (χ1n) is 5.93. The quantitative estimate of drug-likeness (QED) is 0.936. The maximum atomic E-state index is 12.4. The van der Waals surface area contributed by atoms with E-state index in [9.17, 15) is 13.2 Å². The van der Waals surface area contributed by atoms with Gasteiger partial charge in [0.1, 0.15) is 5.75 Å². The van der Waals surface area contributed by atoms with Gasteiger partial charge in [-0.15, -0.1) is 0 Å². The highest BCUT2D eigenvalue weighted by atomic mass is 19.4. The average molecular weight is 285 g/mol. The molecular formula is C14H14F3NO2. The van der Waals surface area contributed by atoms with E-state index in [2.05, 4.69) is 0 Å². The summed E-state index contributed by atoms with van der Waals surface area (Å²) in [4.78, 5) is 0. The first-order chi connectivity index (χ1) is 9.40. The molecule has 3 nitrogen and oxygen atoms in total. The molecule has 0 saturated carbocycles. The predicted molar refractivity (Wildman–Crippen MR) is 67.5 cm³/mol. The van der Waals surface area contributed by atoms with Gasteiger partial charge in [-0.3, -0.25) is 0 Å². The Labute approximate surface area is 114 Å². The number of aromatic nitrogens is 1. The van der Waals surface area contributed by atoms with Crippen LogP contribution in [0.15, 0.2) is 42.7 Å². The van der Waals surface area contributed by atoms with Crippen molar-refractivity contribution in [3.8, 4) is 5.75 Å². The topological polar surface area (TPSA) is 34.4 Å². The fraction of sp³-hybridized carbons (Fsp3) is 0.286. The van der Waals surface area contributed by atoms with Crippen LogP contribution in [-0.2, 0) is 6.54 Å². The van der Waals surface area contributed by atoms with Crippen molar-refractivity contribution in [3.63, 3.8) is 0 Å². The van der Waals surface area contributed by atoms with Gasteiger partial charge >= 0.3 is 6.18 Å². The Balaban J connectivity index is 2.13. The van der Waals surface area contributed by atoms with E-state index in [1.807, 2.05) is 12.1 Å². The molecule has 0 saturated heterocycles. The smallest absolute Gasteiger partial charge is 0.418 e. The van der Waals surface area contributed by atoms with Gasteiger partial charge in [-0.05, 0) is 23.8 Å². The lowest BCUT2D eigenvalue weighted by Crippen LogP contribution is -2.19. The van der Waals surface area contributed by atoms with Crippen LogP contribution in [0.2, 0.25) is 0 Å². The molecule has 0 spiro atoms. The summed E-state index contributed by atoms with van der Waals surface area (Å²) in [5, 5.41) is 9.16. The first-order valence-corrected chi connectivity index (χ1v) is 5.93. The maximum absolute atomic E-state index is 12.4. The van der Waals surface area contributed by atoms with Crippen molar-refractivity contribution in [2.45, 2.75) is 18.8 Å². The summed E-state index contributed by atoms with van der Waals surface area (Å²) in [6.07, 6.45) is -4.31. The summed E-state index contributed by atoms with van der Waals surface area (Å²) in [6, 6.07) is 8.52. The standard InChI is InChI=1S/C14H14F3NO2/c1-20-12-4-2-3-10(7-12)8-18-6-5-11(9-18)13(19)14(15,16)17/h2-7,9,13,19H,8H2,1H3. The van der Waals surface area contributed by atoms with E-state index in [-0.39, 0.29) is 5.56 Å². The van der Waals surface area contributed by atoms with Crippen LogP contribution in [0.5, 0.6) is 5.75 Å². The highest BCUT2D eigenvalue weighted by Crippen LogP contribution is 2.32. The number of aliphatic hydroxyl groups excluding tert-OH is 1. The Morgan fingerprint density at radius 1 is 1.30 bits per heavy atom. The summed E-state index contributed by atoms with van der Waals surface area (Å²) < 4.78 is 43.8. The van der Waals surface area contributed by atoms with Crippen molar-refractivity contribution in [1.29, 1.82) is 0 Å². The molecule has 2 rings (SSSR count).